The van der Waals surface area contributed by atoms with Crippen molar-refractivity contribution in [2.75, 3.05) is 19.8 Å². The molecule has 0 fully saturated rings. The van der Waals surface area contributed by atoms with Crippen molar-refractivity contribution in [2.24, 2.45) is 0 Å². The summed E-state index contributed by atoms with van der Waals surface area (Å²) < 4.78 is 23.8. The summed E-state index contributed by atoms with van der Waals surface area (Å²) in [7, 11) is 0. The quantitative estimate of drug-likeness (QED) is 0.662. The Hall–Kier alpha value is -2.89. The SMILES string of the molecule is CCCOc1ccc(C=O)c(OCC(=O)NCCc2ccc(F)cc2)c1. The van der Waals surface area contributed by atoms with Crippen LogP contribution in [0.25, 0.3) is 0 Å². The highest BCUT2D eigenvalue weighted by Crippen LogP contribution is 2.24. The zero-order chi connectivity index (χ0) is 18.8. The van der Waals surface area contributed by atoms with E-state index in [1.165, 1.54) is 12.1 Å². The lowest BCUT2D eigenvalue weighted by Crippen LogP contribution is -2.30. The molecule has 138 valence electrons. The summed E-state index contributed by atoms with van der Waals surface area (Å²) in [6.07, 6.45) is 2.12. The summed E-state index contributed by atoms with van der Waals surface area (Å²) in [6, 6.07) is 11.0. The lowest BCUT2D eigenvalue weighted by molar-refractivity contribution is -0.123. The summed E-state index contributed by atoms with van der Waals surface area (Å²) in [6.45, 7) is 2.76. The highest BCUT2D eigenvalue weighted by Gasteiger charge is 2.08. The molecule has 0 saturated carbocycles. The van der Waals surface area contributed by atoms with Gasteiger partial charge in [-0.2, -0.15) is 0 Å². The van der Waals surface area contributed by atoms with Crippen molar-refractivity contribution >= 4 is 12.2 Å². The number of nitrogens with one attached hydrogen (secondary N) is 1. The van der Waals surface area contributed by atoms with Crippen molar-refractivity contribution < 1.29 is 23.5 Å². The maximum absolute atomic E-state index is 12.8. The lowest BCUT2D eigenvalue weighted by Gasteiger charge is -2.11. The Morgan fingerprint density at radius 2 is 1.92 bits per heavy atom. The Labute approximate surface area is 152 Å². The molecular weight excluding hydrogens is 337 g/mol. The fourth-order valence-corrected chi connectivity index (χ4v) is 2.24. The second-order valence-corrected chi connectivity index (χ2v) is 5.68. The minimum Gasteiger partial charge on any atom is -0.493 e. The second kappa shape index (κ2) is 10.2. The van der Waals surface area contributed by atoms with Crippen LogP contribution in [0.1, 0.15) is 29.3 Å². The molecule has 0 saturated heterocycles. The van der Waals surface area contributed by atoms with Gasteiger partial charge < -0.3 is 14.8 Å². The molecule has 0 aliphatic carbocycles. The van der Waals surface area contributed by atoms with Crippen molar-refractivity contribution in [3.05, 3.63) is 59.4 Å². The van der Waals surface area contributed by atoms with Gasteiger partial charge in [-0.25, -0.2) is 4.39 Å². The zero-order valence-electron chi connectivity index (χ0n) is 14.7. The monoisotopic (exact) mass is 359 g/mol. The van der Waals surface area contributed by atoms with Crippen LogP contribution in [0.15, 0.2) is 42.5 Å². The number of hydrogen-bond donors (Lipinski definition) is 1. The van der Waals surface area contributed by atoms with Gasteiger partial charge in [0.2, 0.25) is 0 Å². The normalized spacial score (nSPS) is 10.2. The molecule has 0 aromatic heterocycles. The Kier molecular flexibility index (Phi) is 7.61. The standard InChI is InChI=1S/C20H22FNO4/c1-2-11-25-18-8-5-16(13-23)19(12-18)26-14-20(24)22-10-9-15-3-6-17(21)7-4-15/h3-8,12-13H,2,9-11,14H2,1H3,(H,22,24). The summed E-state index contributed by atoms with van der Waals surface area (Å²) in [5, 5.41) is 2.73. The molecule has 0 aliphatic heterocycles. The van der Waals surface area contributed by atoms with Crippen molar-refractivity contribution in [3.63, 3.8) is 0 Å². The first-order chi connectivity index (χ1) is 12.6. The van der Waals surface area contributed by atoms with Gasteiger partial charge in [-0.15, -0.1) is 0 Å². The maximum atomic E-state index is 12.8. The number of rotatable bonds is 10. The Bertz CT molecular complexity index is 731. The fourth-order valence-electron chi connectivity index (χ4n) is 2.24. The van der Waals surface area contributed by atoms with E-state index >= 15 is 0 Å². The molecule has 0 bridgehead atoms. The van der Waals surface area contributed by atoms with Gasteiger partial charge in [0, 0.05) is 12.6 Å². The van der Waals surface area contributed by atoms with Gasteiger partial charge in [-0.3, -0.25) is 9.59 Å². The molecule has 0 spiro atoms. The van der Waals surface area contributed by atoms with Crippen LogP contribution in [-0.4, -0.2) is 32.0 Å². The van der Waals surface area contributed by atoms with Crippen LogP contribution in [0.2, 0.25) is 0 Å². The van der Waals surface area contributed by atoms with E-state index in [9.17, 15) is 14.0 Å². The van der Waals surface area contributed by atoms with E-state index in [0.717, 1.165) is 12.0 Å². The van der Waals surface area contributed by atoms with Crippen LogP contribution >= 0.6 is 0 Å². The third-order valence-electron chi connectivity index (χ3n) is 3.59. The Morgan fingerprint density at radius 3 is 2.62 bits per heavy atom. The summed E-state index contributed by atoms with van der Waals surface area (Å²) in [4.78, 5) is 23.0. The number of ether oxygens (including phenoxy) is 2. The van der Waals surface area contributed by atoms with E-state index < -0.39 is 0 Å². The second-order valence-electron chi connectivity index (χ2n) is 5.68. The average Bonchev–Trinajstić information content (AvgIpc) is 2.66. The molecule has 2 aromatic rings. The predicted octanol–water partition coefficient (Wildman–Crippen LogP) is 3.16. The Morgan fingerprint density at radius 1 is 1.15 bits per heavy atom. The minimum absolute atomic E-state index is 0.207. The molecule has 0 heterocycles. The maximum Gasteiger partial charge on any atom is 0.257 e. The van der Waals surface area contributed by atoms with Gasteiger partial charge in [0.25, 0.3) is 5.91 Å². The van der Waals surface area contributed by atoms with Gasteiger partial charge in [-0.05, 0) is 42.7 Å². The molecule has 26 heavy (non-hydrogen) atoms. The summed E-state index contributed by atoms with van der Waals surface area (Å²) >= 11 is 0. The number of hydrogen-bond acceptors (Lipinski definition) is 4. The van der Waals surface area contributed by atoms with E-state index in [1.54, 1.807) is 30.3 Å². The number of benzene rings is 2. The van der Waals surface area contributed by atoms with Crippen molar-refractivity contribution in [2.45, 2.75) is 19.8 Å². The largest absolute Gasteiger partial charge is 0.493 e. The zero-order valence-corrected chi connectivity index (χ0v) is 14.7. The molecule has 5 nitrogen and oxygen atoms in total. The molecule has 1 amide bonds. The number of carbonyl (C=O) groups is 2. The third kappa shape index (κ3) is 6.20. The molecule has 0 aliphatic rings. The molecule has 0 unspecified atom stereocenters. The van der Waals surface area contributed by atoms with Crippen LogP contribution < -0.4 is 14.8 Å². The average molecular weight is 359 g/mol. The van der Waals surface area contributed by atoms with Crippen LogP contribution in [0.3, 0.4) is 0 Å². The first-order valence-corrected chi connectivity index (χ1v) is 8.48. The van der Waals surface area contributed by atoms with Gasteiger partial charge in [0.15, 0.2) is 12.9 Å². The smallest absolute Gasteiger partial charge is 0.257 e. The first kappa shape index (κ1) is 19.4. The number of carbonyl (C=O) groups excluding carboxylic acids is 2. The molecule has 0 radical (unpaired) electrons. The van der Waals surface area contributed by atoms with E-state index in [0.29, 0.717) is 42.9 Å². The van der Waals surface area contributed by atoms with Gasteiger partial charge in [0.05, 0.1) is 12.2 Å². The topological polar surface area (TPSA) is 64.6 Å². The van der Waals surface area contributed by atoms with E-state index in [-0.39, 0.29) is 18.3 Å². The number of amides is 1. The molecule has 6 heteroatoms. The van der Waals surface area contributed by atoms with Crippen molar-refractivity contribution in [1.82, 2.24) is 5.32 Å². The highest BCUT2D eigenvalue weighted by atomic mass is 19.1. The van der Waals surface area contributed by atoms with Crippen molar-refractivity contribution in [1.29, 1.82) is 0 Å². The minimum atomic E-state index is -0.302. The molecule has 2 aromatic carbocycles. The fraction of sp³-hybridized carbons (Fsp3) is 0.300. The van der Waals surface area contributed by atoms with Crippen LogP contribution in [0.5, 0.6) is 11.5 Å². The molecular formula is C20H22FNO4. The Balaban J connectivity index is 1.82. The summed E-state index contributed by atoms with van der Waals surface area (Å²) in [5.74, 6) is 0.303. The number of aldehydes is 1. The van der Waals surface area contributed by atoms with E-state index in [4.69, 9.17) is 9.47 Å². The first-order valence-electron chi connectivity index (χ1n) is 8.48. The van der Waals surface area contributed by atoms with Crippen LogP contribution in [0, 0.1) is 5.82 Å². The third-order valence-corrected chi connectivity index (χ3v) is 3.59. The highest BCUT2D eigenvalue weighted by molar-refractivity contribution is 5.81. The lowest BCUT2D eigenvalue weighted by atomic mass is 10.1. The molecule has 0 atom stereocenters. The predicted molar refractivity (Wildman–Crippen MR) is 96.2 cm³/mol. The molecule has 1 N–H and O–H groups in total. The van der Waals surface area contributed by atoms with Crippen LogP contribution in [0.4, 0.5) is 4.39 Å². The van der Waals surface area contributed by atoms with Gasteiger partial charge in [-0.1, -0.05) is 19.1 Å². The molecule has 2 rings (SSSR count). The van der Waals surface area contributed by atoms with E-state index in [1.807, 2.05) is 6.92 Å². The van der Waals surface area contributed by atoms with Gasteiger partial charge in [0.1, 0.15) is 17.3 Å². The van der Waals surface area contributed by atoms with Crippen molar-refractivity contribution in [3.8, 4) is 11.5 Å². The van der Waals surface area contributed by atoms with E-state index in [2.05, 4.69) is 5.32 Å². The summed E-state index contributed by atoms with van der Waals surface area (Å²) in [5.41, 5.74) is 1.28. The number of halogens is 1. The van der Waals surface area contributed by atoms with Crippen LogP contribution in [-0.2, 0) is 11.2 Å². The van der Waals surface area contributed by atoms with Gasteiger partial charge >= 0.3 is 0 Å².